The Kier molecular flexibility index (Phi) is 6.79. The van der Waals surface area contributed by atoms with E-state index in [1.165, 1.54) is 29.5 Å². The molecular formula is C25H22FN3OS. The fraction of sp³-hybridized carbons (Fsp3) is 0.120. The molecule has 0 spiro atoms. The topological polar surface area (TPSA) is 46.9 Å². The van der Waals surface area contributed by atoms with E-state index in [4.69, 9.17) is 4.98 Å². The summed E-state index contributed by atoms with van der Waals surface area (Å²) in [4.78, 5) is 17.1. The van der Waals surface area contributed by atoms with Gasteiger partial charge in [0.1, 0.15) is 5.82 Å². The molecule has 3 aromatic carbocycles. The lowest BCUT2D eigenvalue weighted by Gasteiger charge is -2.08. The van der Waals surface area contributed by atoms with Gasteiger partial charge in [0, 0.05) is 24.0 Å². The van der Waals surface area contributed by atoms with Crippen LogP contribution in [0.5, 0.6) is 0 Å². The number of rotatable bonds is 8. The maximum Gasteiger partial charge on any atom is 0.230 e. The minimum atomic E-state index is -0.292. The second kappa shape index (κ2) is 10.1. The van der Waals surface area contributed by atoms with Crippen molar-refractivity contribution in [3.8, 4) is 16.9 Å². The molecule has 156 valence electrons. The number of carbonyl (C=O) groups excluding carboxylic acids is 1. The highest BCUT2D eigenvalue weighted by Gasteiger charge is 2.14. The molecule has 0 saturated carbocycles. The van der Waals surface area contributed by atoms with E-state index in [1.54, 1.807) is 12.1 Å². The average Bonchev–Trinajstić information content (AvgIpc) is 3.24. The van der Waals surface area contributed by atoms with Crippen LogP contribution in [-0.2, 0) is 11.2 Å². The van der Waals surface area contributed by atoms with Crippen molar-refractivity contribution in [2.24, 2.45) is 0 Å². The Balaban J connectivity index is 1.45. The van der Waals surface area contributed by atoms with Gasteiger partial charge < -0.3 is 5.32 Å². The fourth-order valence-corrected chi connectivity index (χ4v) is 3.99. The van der Waals surface area contributed by atoms with E-state index in [0.717, 1.165) is 23.4 Å². The molecule has 4 aromatic rings. The van der Waals surface area contributed by atoms with Gasteiger partial charge in [0.15, 0.2) is 5.16 Å². The molecule has 4 rings (SSSR count). The lowest BCUT2D eigenvalue weighted by atomic mass is 10.1. The monoisotopic (exact) mass is 431 g/mol. The number of nitrogens with one attached hydrogen (secondary N) is 1. The van der Waals surface area contributed by atoms with Gasteiger partial charge in [0.05, 0.1) is 11.4 Å². The van der Waals surface area contributed by atoms with Gasteiger partial charge in [0.2, 0.25) is 5.91 Å². The molecule has 0 saturated heterocycles. The molecule has 0 aliphatic rings. The number of imidazole rings is 1. The molecule has 1 aromatic heterocycles. The van der Waals surface area contributed by atoms with Crippen molar-refractivity contribution >= 4 is 17.7 Å². The lowest BCUT2D eigenvalue weighted by molar-refractivity contribution is -0.118. The molecular weight excluding hydrogens is 409 g/mol. The highest BCUT2D eigenvalue weighted by molar-refractivity contribution is 7.99. The third-order valence-electron chi connectivity index (χ3n) is 4.76. The van der Waals surface area contributed by atoms with E-state index >= 15 is 0 Å². The number of hydrogen-bond donors (Lipinski definition) is 1. The first-order valence-corrected chi connectivity index (χ1v) is 11.0. The van der Waals surface area contributed by atoms with Gasteiger partial charge in [0.25, 0.3) is 0 Å². The molecule has 1 heterocycles. The molecule has 1 amide bonds. The van der Waals surface area contributed by atoms with Gasteiger partial charge in [-0.15, -0.1) is 0 Å². The van der Waals surface area contributed by atoms with Gasteiger partial charge in [-0.05, 0) is 36.2 Å². The number of halogens is 1. The number of amides is 1. The van der Waals surface area contributed by atoms with E-state index in [-0.39, 0.29) is 17.5 Å². The Hall–Kier alpha value is -3.38. The normalized spacial score (nSPS) is 10.7. The lowest BCUT2D eigenvalue weighted by Crippen LogP contribution is -2.27. The highest BCUT2D eigenvalue weighted by Crippen LogP contribution is 2.27. The summed E-state index contributed by atoms with van der Waals surface area (Å²) in [6.45, 7) is 0.588. The summed E-state index contributed by atoms with van der Waals surface area (Å²) in [5, 5.41) is 3.64. The number of hydrogen-bond acceptors (Lipinski definition) is 3. The van der Waals surface area contributed by atoms with Crippen LogP contribution >= 0.6 is 11.8 Å². The highest BCUT2D eigenvalue weighted by atomic mass is 32.2. The molecule has 6 heteroatoms. The average molecular weight is 432 g/mol. The maximum atomic E-state index is 13.4. The molecule has 1 N–H and O–H groups in total. The molecule has 4 nitrogen and oxygen atoms in total. The van der Waals surface area contributed by atoms with E-state index in [0.29, 0.717) is 11.7 Å². The Bertz CT molecular complexity index is 1130. The van der Waals surface area contributed by atoms with Crippen LogP contribution in [-0.4, -0.2) is 27.8 Å². The fourth-order valence-electron chi connectivity index (χ4n) is 3.17. The van der Waals surface area contributed by atoms with Gasteiger partial charge in [-0.25, -0.2) is 9.37 Å². The molecule has 0 fully saturated rings. The summed E-state index contributed by atoms with van der Waals surface area (Å²) in [5.41, 5.74) is 3.77. The summed E-state index contributed by atoms with van der Waals surface area (Å²) in [6.07, 6.45) is 2.71. The molecule has 0 atom stereocenters. The van der Waals surface area contributed by atoms with Gasteiger partial charge in [-0.3, -0.25) is 9.36 Å². The summed E-state index contributed by atoms with van der Waals surface area (Å²) in [5.74, 6) is -0.0868. The van der Waals surface area contributed by atoms with Crippen molar-refractivity contribution in [2.75, 3.05) is 12.3 Å². The first-order valence-electron chi connectivity index (χ1n) is 10.0. The second-order valence-corrected chi connectivity index (χ2v) is 7.94. The molecule has 0 bridgehead atoms. The van der Waals surface area contributed by atoms with Crippen molar-refractivity contribution < 1.29 is 9.18 Å². The first-order chi connectivity index (χ1) is 15.2. The van der Waals surface area contributed by atoms with E-state index in [2.05, 4.69) is 5.32 Å². The Morgan fingerprint density at radius 1 is 0.935 bits per heavy atom. The number of thioether (sulfide) groups is 1. The predicted octanol–water partition coefficient (Wildman–Crippen LogP) is 5.13. The number of aromatic nitrogens is 2. The zero-order valence-electron chi connectivity index (χ0n) is 16.9. The number of benzene rings is 3. The predicted molar refractivity (Wildman–Crippen MR) is 123 cm³/mol. The second-order valence-electron chi connectivity index (χ2n) is 7.00. The van der Waals surface area contributed by atoms with Crippen molar-refractivity contribution in [2.45, 2.75) is 11.6 Å². The molecule has 0 aliphatic heterocycles. The Morgan fingerprint density at radius 3 is 2.32 bits per heavy atom. The molecule has 31 heavy (non-hydrogen) atoms. The minimum Gasteiger partial charge on any atom is -0.355 e. The summed E-state index contributed by atoms with van der Waals surface area (Å²) < 4.78 is 15.3. The van der Waals surface area contributed by atoms with Crippen molar-refractivity contribution in [1.29, 1.82) is 0 Å². The summed E-state index contributed by atoms with van der Waals surface area (Å²) >= 11 is 1.36. The van der Waals surface area contributed by atoms with Crippen molar-refractivity contribution in [3.63, 3.8) is 0 Å². The van der Waals surface area contributed by atoms with Gasteiger partial charge in [-0.1, -0.05) is 72.4 Å². The third kappa shape index (κ3) is 5.61. The Labute approximate surface area is 185 Å². The van der Waals surface area contributed by atoms with Crippen LogP contribution in [0.2, 0.25) is 0 Å². The zero-order valence-corrected chi connectivity index (χ0v) is 17.7. The summed E-state index contributed by atoms with van der Waals surface area (Å²) in [6, 6.07) is 26.1. The van der Waals surface area contributed by atoms with Crippen LogP contribution in [0.25, 0.3) is 16.9 Å². The molecule has 0 radical (unpaired) electrons. The standard InChI is InChI=1S/C25H22FN3OS/c26-21-11-13-22(14-12-21)29-17-23(20-9-5-2-6-10-20)28-25(29)31-18-24(30)27-16-15-19-7-3-1-4-8-19/h1-14,17H,15-16,18H2,(H,27,30). The van der Waals surface area contributed by atoms with Crippen LogP contribution in [0.15, 0.2) is 96.3 Å². The van der Waals surface area contributed by atoms with Crippen molar-refractivity contribution in [1.82, 2.24) is 14.9 Å². The van der Waals surface area contributed by atoms with Crippen LogP contribution < -0.4 is 5.32 Å². The summed E-state index contributed by atoms with van der Waals surface area (Å²) in [7, 11) is 0. The first kappa shape index (κ1) is 20.9. The molecule has 0 aliphatic carbocycles. The minimum absolute atomic E-state index is 0.0455. The zero-order chi connectivity index (χ0) is 21.5. The van der Waals surface area contributed by atoms with Crippen LogP contribution in [0.3, 0.4) is 0 Å². The smallest absolute Gasteiger partial charge is 0.230 e. The van der Waals surface area contributed by atoms with Crippen LogP contribution in [0, 0.1) is 5.82 Å². The van der Waals surface area contributed by atoms with Gasteiger partial charge in [-0.2, -0.15) is 0 Å². The van der Waals surface area contributed by atoms with E-state index in [1.807, 2.05) is 71.4 Å². The Morgan fingerprint density at radius 2 is 1.61 bits per heavy atom. The van der Waals surface area contributed by atoms with E-state index in [9.17, 15) is 9.18 Å². The number of carbonyl (C=O) groups is 1. The third-order valence-corrected chi connectivity index (χ3v) is 5.71. The van der Waals surface area contributed by atoms with E-state index < -0.39 is 0 Å². The quantitative estimate of drug-likeness (QED) is 0.394. The molecule has 0 unspecified atom stereocenters. The van der Waals surface area contributed by atoms with Gasteiger partial charge >= 0.3 is 0 Å². The number of nitrogens with zero attached hydrogens (tertiary/aromatic N) is 2. The largest absolute Gasteiger partial charge is 0.355 e. The van der Waals surface area contributed by atoms with Crippen molar-refractivity contribution in [3.05, 3.63) is 103 Å². The SMILES string of the molecule is O=C(CSc1nc(-c2ccccc2)cn1-c1ccc(F)cc1)NCCc1ccccc1. The van der Waals surface area contributed by atoms with Crippen LogP contribution in [0.1, 0.15) is 5.56 Å². The maximum absolute atomic E-state index is 13.4. The van der Waals surface area contributed by atoms with Crippen LogP contribution in [0.4, 0.5) is 4.39 Å².